The van der Waals surface area contributed by atoms with Gasteiger partial charge in [0.2, 0.25) is 0 Å². The van der Waals surface area contributed by atoms with E-state index >= 15 is 0 Å². The predicted octanol–water partition coefficient (Wildman–Crippen LogP) is 4.31. The van der Waals surface area contributed by atoms with Gasteiger partial charge in [-0.1, -0.05) is 34.1 Å². The Balaban J connectivity index is 2.01. The average molecular weight is 325 g/mol. The molecule has 0 atom stereocenters. The molecule has 0 N–H and O–H groups in total. The molecular weight excluding hydrogens is 311 g/mol. The summed E-state index contributed by atoms with van der Waals surface area (Å²) in [6.07, 6.45) is 0. The van der Waals surface area contributed by atoms with Crippen molar-refractivity contribution in [1.29, 1.82) is 0 Å². The number of hydrogen-bond acceptors (Lipinski definition) is 2. The van der Waals surface area contributed by atoms with Crippen molar-refractivity contribution in [1.82, 2.24) is 0 Å². The molecule has 0 aliphatic carbocycles. The third-order valence-electron chi connectivity index (χ3n) is 2.70. The highest BCUT2D eigenvalue weighted by molar-refractivity contribution is 9.08. The topological polar surface area (TPSA) is 18.5 Å². The number of alkyl halides is 1. The molecule has 0 aromatic heterocycles. The Hall–Kier alpha value is -1.55. The average Bonchev–Trinajstić information content (AvgIpc) is 2.46. The molecule has 2 aromatic carbocycles. The highest BCUT2D eigenvalue weighted by atomic mass is 79.9. The SMILES string of the molecule is COc1ccc(COc2ccc(CBr)cc2F)cc1. The molecule has 0 saturated carbocycles. The van der Waals surface area contributed by atoms with Crippen LogP contribution in [0.25, 0.3) is 0 Å². The van der Waals surface area contributed by atoms with Crippen molar-refractivity contribution in [3.63, 3.8) is 0 Å². The van der Waals surface area contributed by atoms with Gasteiger partial charge < -0.3 is 9.47 Å². The number of methoxy groups -OCH3 is 1. The zero-order valence-electron chi connectivity index (χ0n) is 10.5. The second-order valence-electron chi connectivity index (χ2n) is 4.04. The monoisotopic (exact) mass is 324 g/mol. The van der Waals surface area contributed by atoms with Crippen molar-refractivity contribution >= 4 is 15.9 Å². The Morgan fingerprint density at radius 2 is 1.74 bits per heavy atom. The van der Waals surface area contributed by atoms with E-state index in [2.05, 4.69) is 15.9 Å². The fourth-order valence-corrected chi connectivity index (χ4v) is 1.98. The number of benzene rings is 2. The Bertz CT molecular complexity index is 540. The van der Waals surface area contributed by atoms with Gasteiger partial charge in [-0.25, -0.2) is 4.39 Å². The van der Waals surface area contributed by atoms with E-state index in [-0.39, 0.29) is 11.6 Å². The number of hydrogen-bond donors (Lipinski definition) is 0. The summed E-state index contributed by atoms with van der Waals surface area (Å²) in [5.74, 6) is 0.711. The third-order valence-corrected chi connectivity index (χ3v) is 3.35. The van der Waals surface area contributed by atoms with Crippen LogP contribution in [0.1, 0.15) is 11.1 Å². The van der Waals surface area contributed by atoms with Crippen LogP contribution < -0.4 is 9.47 Å². The van der Waals surface area contributed by atoms with Gasteiger partial charge in [-0.05, 0) is 35.4 Å². The van der Waals surface area contributed by atoms with E-state index in [0.29, 0.717) is 11.9 Å². The molecule has 19 heavy (non-hydrogen) atoms. The van der Waals surface area contributed by atoms with Gasteiger partial charge >= 0.3 is 0 Å². The minimum atomic E-state index is -0.342. The zero-order valence-corrected chi connectivity index (χ0v) is 12.1. The molecule has 0 heterocycles. The highest BCUT2D eigenvalue weighted by Crippen LogP contribution is 2.21. The summed E-state index contributed by atoms with van der Waals surface area (Å²) < 4.78 is 24.2. The Morgan fingerprint density at radius 1 is 1.05 bits per heavy atom. The van der Waals surface area contributed by atoms with E-state index in [1.165, 1.54) is 6.07 Å². The van der Waals surface area contributed by atoms with Crippen LogP contribution >= 0.6 is 15.9 Å². The summed E-state index contributed by atoms with van der Waals surface area (Å²) in [4.78, 5) is 0. The van der Waals surface area contributed by atoms with Gasteiger partial charge in [0.25, 0.3) is 0 Å². The molecule has 0 aliphatic rings. The standard InChI is InChI=1S/C15H14BrFO2/c1-18-13-5-2-11(3-6-13)10-19-15-7-4-12(9-16)8-14(15)17/h2-8H,9-10H2,1H3. The minimum absolute atomic E-state index is 0.264. The van der Waals surface area contributed by atoms with Crippen LogP contribution in [0.3, 0.4) is 0 Å². The second-order valence-corrected chi connectivity index (χ2v) is 4.60. The van der Waals surface area contributed by atoms with E-state index in [0.717, 1.165) is 16.9 Å². The van der Waals surface area contributed by atoms with Crippen LogP contribution in [0.4, 0.5) is 4.39 Å². The first-order valence-electron chi connectivity index (χ1n) is 5.83. The van der Waals surface area contributed by atoms with Crippen LogP contribution in [0.15, 0.2) is 42.5 Å². The summed E-state index contributed by atoms with van der Waals surface area (Å²) in [7, 11) is 1.62. The van der Waals surface area contributed by atoms with Crippen molar-refractivity contribution in [3.8, 4) is 11.5 Å². The fourth-order valence-electron chi connectivity index (χ4n) is 1.63. The van der Waals surface area contributed by atoms with Crippen LogP contribution in [-0.4, -0.2) is 7.11 Å². The first-order chi connectivity index (χ1) is 9.22. The maximum Gasteiger partial charge on any atom is 0.165 e. The van der Waals surface area contributed by atoms with Crippen molar-refractivity contribution in [2.24, 2.45) is 0 Å². The lowest BCUT2D eigenvalue weighted by Gasteiger charge is -2.08. The zero-order chi connectivity index (χ0) is 13.7. The number of halogens is 2. The lowest BCUT2D eigenvalue weighted by molar-refractivity contribution is 0.290. The number of rotatable bonds is 5. The summed E-state index contributed by atoms with van der Waals surface area (Å²) in [5.41, 5.74) is 1.85. The molecule has 0 saturated heterocycles. The van der Waals surface area contributed by atoms with E-state index in [4.69, 9.17) is 9.47 Å². The molecule has 0 aliphatic heterocycles. The molecule has 100 valence electrons. The Labute approximate surface area is 120 Å². The maximum atomic E-state index is 13.7. The van der Waals surface area contributed by atoms with E-state index in [1.54, 1.807) is 13.2 Å². The largest absolute Gasteiger partial charge is 0.497 e. The van der Waals surface area contributed by atoms with Gasteiger partial charge in [0.15, 0.2) is 11.6 Å². The maximum absolute atomic E-state index is 13.7. The Morgan fingerprint density at radius 3 is 2.32 bits per heavy atom. The van der Waals surface area contributed by atoms with Crippen LogP contribution in [0, 0.1) is 5.82 Å². The minimum Gasteiger partial charge on any atom is -0.497 e. The normalized spacial score (nSPS) is 10.3. The van der Waals surface area contributed by atoms with Crippen molar-refractivity contribution in [3.05, 3.63) is 59.4 Å². The van der Waals surface area contributed by atoms with E-state index < -0.39 is 0 Å². The fraction of sp³-hybridized carbons (Fsp3) is 0.200. The van der Waals surface area contributed by atoms with Crippen LogP contribution in [-0.2, 0) is 11.9 Å². The van der Waals surface area contributed by atoms with Gasteiger partial charge in [0.05, 0.1) is 7.11 Å². The van der Waals surface area contributed by atoms with Crippen LogP contribution in [0.2, 0.25) is 0 Å². The quantitative estimate of drug-likeness (QED) is 0.763. The molecule has 0 fully saturated rings. The summed E-state index contributed by atoms with van der Waals surface area (Å²) >= 11 is 3.29. The van der Waals surface area contributed by atoms with Crippen molar-refractivity contribution in [2.45, 2.75) is 11.9 Å². The summed E-state index contributed by atoms with van der Waals surface area (Å²) in [5, 5.41) is 0.628. The van der Waals surface area contributed by atoms with Gasteiger partial charge in [-0.3, -0.25) is 0 Å². The summed E-state index contributed by atoms with van der Waals surface area (Å²) in [6, 6.07) is 12.4. The van der Waals surface area contributed by atoms with E-state index in [1.807, 2.05) is 30.3 Å². The molecule has 4 heteroatoms. The molecule has 0 radical (unpaired) electrons. The first-order valence-corrected chi connectivity index (χ1v) is 6.95. The Kier molecular flexibility index (Phi) is 4.80. The molecule has 0 spiro atoms. The van der Waals surface area contributed by atoms with Gasteiger partial charge in [-0.15, -0.1) is 0 Å². The molecule has 0 amide bonds. The second kappa shape index (κ2) is 6.57. The predicted molar refractivity (Wildman–Crippen MR) is 76.4 cm³/mol. The van der Waals surface area contributed by atoms with Crippen molar-refractivity contribution in [2.75, 3.05) is 7.11 Å². The smallest absolute Gasteiger partial charge is 0.165 e. The molecule has 0 unspecified atom stereocenters. The molecule has 0 bridgehead atoms. The third kappa shape index (κ3) is 3.70. The molecule has 2 nitrogen and oxygen atoms in total. The summed E-state index contributed by atoms with van der Waals surface area (Å²) in [6.45, 7) is 0.328. The van der Waals surface area contributed by atoms with E-state index in [9.17, 15) is 4.39 Å². The lowest BCUT2D eigenvalue weighted by Crippen LogP contribution is -1.98. The van der Waals surface area contributed by atoms with Crippen molar-refractivity contribution < 1.29 is 13.9 Å². The van der Waals surface area contributed by atoms with Gasteiger partial charge in [0, 0.05) is 5.33 Å². The van der Waals surface area contributed by atoms with Gasteiger partial charge in [-0.2, -0.15) is 0 Å². The van der Waals surface area contributed by atoms with Gasteiger partial charge in [0.1, 0.15) is 12.4 Å². The molecular formula is C15H14BrFO2. The van der Waals surface area contributed by atoms with Crippen LogP contribution in [0.5, 0.6) is 11.5 Å². The lowest BCUT2D eigenvalue weighted by atomic mass is 10.2. The number of ether oxygens (including phenoxy) is 2. The first kappa shape index (κ1) is 13.9. The molecule has 2 aromatic rings. The highest BCUT2D eigenvalue weighted by Gasteiger charge is 2.05. The molecule has 2 rings (SSSR count).